The number of benzene rings is 1. The molecule has 1 amide bonds. The summed E-state index contributed by atoms with van der Waals surface area (Å²) in [5.74, 6) is -2.96. The number of pyridine rings is 2. The van der Waals surface area contributed by atoms with Crippen molar-refractivity contribution in [2.24, 2.45) is 0 Å². The lowest BCUT2D eigenvalue weighted by Gasteiger charge is -2.22. The normalized spacial score (nSPS) is 17.3. The first-order valence-electron chi connectivity index (χ1n) is 10.3. The second-order valence-electron chi connectivity index (χ2n) is 7.93. The largest absolute Gasteiger partial charge is 0.408 e. The molecule has 180 valence electrons. The number of aliphatic hydroxyl groups excluding tert-OH is 1. The van der Waals surface area contributed by atoms with E-state index in [1.54, 1.807) is 10.2 Å². The minimum atomic E-state index is -4.75. The van der Waals surface area contributed by atoms with Crippen molar-refractivity contribution >= 4 is 22.8 Å². The molecular formula is C22H19F5N4O3. The third-order valence-corrected chi connectivity index (χ3v) is 5.60. The minimum Gasteiger partial charge on any atom is -0.374 e. The Hall–Kier alpha value is -3.54. The molecule has 7 nitrogen and oxygen atoms in total. The number of aliphatic hydroxyl groups is 1. The number of rotatable bonds is 4. The third kappa shape index (κ3) is 4.32. The summed E-state index contributed by atoms with van der Waals surface area (Å²) in [5, 5.41) is 11.7. The fourth-order valence-electron chi connectivity index (χ4n) is 3.75. The molecule has 0 saturated carbocycles. The maximum Gasteiger partial charge on any atom is 0.408 e. The van der Waals surface area contributed by atoms with Crippen molar-refractivity contribution in [1.29, 1.82) is 0 Å². The predicted octanol–water partition coefficient (Wildman–Crippen LogP) is 3.26. The zero-order valence-electron chi connectivity index (χ0n) is 17.7. The lowest BCUT2D eigenvalue weighted by Crippen LogP contribution is -2.44. The number of fused-ring (bicyclic) bond motifs is 1. The van der Waals surface area contributed by atoms with Crippen molar-refractivity contribution < 1.29 is 31.9 Å². The second-order valence-corrected chi connectivity index (χ2v) is 7.93. The van der Waals surface area contributed by atoms with Crippen molar-refractivity contribution in [1.82, 2.24) is 14.9 Å². The average molecular weight is 482 g/mol. The first-order valence-corrected chi connectivity index (χ1v) is 10.3. The van der Waals surface area contributed by atoms with Gasteiger partial charge in [-0.05, 0) is 44.0 Å². The van der Waals surface area contributed by atoms with Gasteiger partial charge in [0.25, 0.3) is 5.91 Å². The van der Waals surface area contributed by atoms with Gasteiger partial charge in [-0.15, -0.1) is 0 Å². The van der Waals surface area contributed by atoms with Crippen LogP contribution in [0.4, 0.5) is 27.8 Å². The van der Waals surface area contributed by atoms with Gasteiger partial charge in [0.05, 0.1) is 11.1 Å². The number of hydrogen-bond donors (Lipinski definition) is 2. The van der Waals surface area contributed by atoms with Crippen LogP contribution in [-0.4, -0.2) is 45.6 Å². The maximum atomic E-state index is 14.7. The fourth-order valence-corrected chi connectivity index (χ4v) is 3.75. The molecule has 34 heavy (non-hydrogen) atoms. The number of alkyl halides is 3. The SMILES string of the molecule is CC(NC(=O)c1cn(-c2ccc(F)cc2F)c2nc(N3CCCC3O)ccc2c1=O)C(F)(F)F. The van der Waals surface area contributed by atoms with Gasteiger partial charge in [-0.1, -0.05) is 0 Å². The summed E-state index contributed by atoms with van der Waals surface area (Å²) < 4.78 is 67.9. The highest BCUT2D eigenvalue weighted by atomic mass is 19.4. The average Bonchev–Trinajstić information content (AvgIpc) is 3.19. The highest BCUT2D eigenvalue weighted by Gasteiger charge is 2.37. The zero-order chi connectivity index (χ0) is 24.8. The van der Waals surface area contributed by atoms with E-state index in [0.29, 0.717) is 32.4 Å². The molecular weight excluding hydrogens is 463 g/mol. The summed E-state index contributed by atoms with van der Waals surface area (Å²) in [6, 6.07) is 3.05. The van der Waals surface area contributed by atoms with Gasteiger partial charge < -0.3 is 15.3 Å². The molecule has 0 spiro atoms. The molecule has 3 heterocycles. The molecule has 1 aliphatic rings. The Labute approximate surface area is 189 Å². The van der Waals surface area contributed by atoms with E-state index >= 15 is 0 Å². The third-order valence-electron chi connectivity index (χ3n) is 5.60. The lowest BCUT2D eigenvalue weighted by atomic mass is 10.1. The van der Waals surface area contributed by atoms with Gasteiger partial charge in [0.2, 0.25) is 5.43 Å². The second kappa shape index (κ2) is 8.67. The molecule has 2 unspecified atom stereocenters. The van der Waals surface area contributed by atoms with E-state index in [4.69, 9.17) is 0 Å². The fraction of sp³-hybridized carbons (Fsp3) is 0.318. The van der Waals surface area contributed by atoms with Crippen molar-refractivity contribution in [3.8, 4) is 5.69 Å². The highest BCUT2D eigenvalue weighted by Crippen LogP contribution is 2.26. The summed E-state index contributed by atoms with van der Waals surface area (Å²) in [6.45, 7) is 1.19. The van der Waals surface area contributed by atoms with E-state index in [0.717, 1.165) is 22.9 Å². The molecule has 1 aromatic carbocycles. The van der Waals surface area contributed by atoms with Crippen LogP contribution in [0.1, 0.15) is 30.1 Å². The van der Waals surface area contributed by atoms with Gasteiger partial charge in [-0.25, -0.2) is 13.8 Å². The Kier molecular flexibility index (Phi) is 6.02. The van der Waals surface area contributed by atoms with Crippen molar-refractivity contribution in [2.45, 2.75) is 38.2 Å². The first kappa shape index (κ1) is 23.6. The molecule has 2 N–H and O–H groups in total. The van der Waals surface area contributed by atoms with Gasteiger partial charge in [0.1, 0.15) is 35.3 Å². The molecule has 2 atom stereocenters. The standard InChI is InChI=1S/C22H19F5N4O3/c1-11(22(25,26)27)28-21(34)14-10-31(16-6-4-12(23)9-15(16)24)20-13(19(14)33)5-7-17(29-20)30-8-2-3-18(30)32/h4-7,9-11,18,32H,2-3,8H2,1H3,(H,28,34). The number of halogens is 5. The van der Waals surface area contributed by atoms with Crippen LogP contribution in [0.5, 0.6) is 0 Å². The Morgan fingerprint density at radius 1 is 1.24 bits per heavy atom. The van der Waals surface area contributed by atoms with Crippen LogP contribution in [0.15, 0.2) is 41.3 Å². The van der Waals surface area contributed by atoms with Crippen molar-refractivity contribution in [3.63, 3.8) is 0 Å². The smallest absolute Gasteiger partial charge is 0.374 e. The van der Waals surface area contributed by atoms with Gasteiger partial charge in [-0.2, -0.15) is 13.2 Å². The topological polar surface area (TPSA) is 87.5 Å². The summed E-state index contributed by atoms with van der Waals surface area (Å²) >= 11 is 0. The summed E-state index contributed by atoms with van der Waals surface area (Å²) in [6.07, 6.45) is -3.51. The quantitative estimate of drug-likeness (QED) is 0.558. The first-order chi connectivity index (χ1) is 16.0. The summed E-state index contributed by atoms with van der Waals surface area (Å²) in [4.78, 5) is 31.5. The van der Waals surface area contributed by atoms with E-state index in [9.17, 15) is 36.6 Å². The van der Waals surface area contributed by atoms with Gasteiger partial charge in [0, 0.05) is 18.8 Å². The number of aromatic nitrogens is 2. The van der Waals surface area contributed by atoms with Crippen LogP contribution in [0.3, 0.4) is 0 Å². The number of hydrogen-bond acceptors (Lipinski definition) is 5. The molecule has 0 bridgehead atoms. The Balaban J connectivity index is 1.93. The maximum absolute atomic E-state index is 14.7. The molecule has 1 aliphatic heterocycles. The monoisotopic (exact) mass is 482 g/mol. The van der Waals surface area contributed by atoms with Crippen molar-refractivity contribution in [2.75, 3.05) is 11.4 Å². The van der Waals surface area contributed by atoms with Crippen LogP contribution >= 0.6 is 0 Å². The number of anilines is 1. The lowest BCUT2D eigenvalue weighted by molar-refractivity contribution is -0.149. The van der Waals surface area contributed by atoms with Gasteiger partial charge >= 0.3 is 6.18 Å². The van der Waals surface area contributed by atoms with Crippen LogP contribution in [0.2, 0.25) is 0 Å². The minimum absolute atomic E-state index is 0.118. The van der Waals surface area contributed by atoms with E-state index in [-0.39, 0.29) is 22.5 Å². The molecule has 1 saturated heterocycles. The number of carbonyl (C=O) groups is 1. The number of amides is 1. The summed E-state index contributed by atoms with van der Waals surface area (Å²) in [7, 11) is 0. The number of carbonyl (C=O) groups excluding carboxylic acids is 1. The number of nitrogens with zero attached hydrogens (tertiary/aromatic N) is 3. The Morgan fingerprint density at radius 3 is 2.59 bits per heavy atom. The zero-order valence-corrected chi connectivity index (χ0v) is 17.7. The molecule has 4 rings (SSSR count). The molecule has 12 heteroatoms. The summed E-state index contributed by atoms with van der Waals surface area (Å²) in [5.41, 5.74) is -1.99. The van der Waals surface area contributed by atoms with E-state index < -0.39 is 47.0 Å². The van der Waals surface area contributed by atoms with Gasteiger partial charge in [0.15, 0.2) is 5.65 Å². The molecule has 3 aromatic rings. The van der Waals surface area contributed by atoms with E-state index in [1.165, 1.54) is 12.1 Å². The predicted molar refractivity (Wildman–Crippen MR) is 113 cm³/mol. The van der Waals surface area contributed by atoms with Crippen LogP contribution in [-0.2, 0) is 0 Å². The van der Waals surface area contributed by atoms with Crippen LogP contribution < -0.4 is 15.6 Å². The Morgan fingerprint density at radius 2 is 1.97 bits per heavy atom. The van der Waals surface area contributed by atoms with E-state index in [2.05, 4.69) is 4.98 Å². The highest BCUT2D eigenvalue weighted by molar-refractivity contribution is 5.97. The van der Waals surface area contributed by atoms with Gasteiger partial charge in [-0.3, -0.25) is 14.2 Å². The molecule has 2 aromatic heterocycles. The molecule has 0 radical (unpaired) electrons. The van der Waals surface area contributed by atoms with E-state index in [1.807, 2.05) is 0 Å². The van der Waals surface area contributed by atoms with Crippen molar-refractivity contribution in [3.05, 3.63) is 63.9 Å². The Bertz CT molecular complexity index is 1320. The van der Waals surface area contributed by atoms with Crippen LogP contribution in [0, 0.1) is 11.6 Å². The molecule has 1 fully saturated rings. The van der Waals surface area contributed by atoms with Crippen LogP contribution in [0.25, 0.3) is 16.7 Å². The molecule has 0 aliphatic carbocycles. The number of nitrogens with one attached hydrogen (secondary N) is 1.